The normalized spacial score (nSPS) is 27.5. The van der Waals surface area contributed by atoms with Crippen LogP contribution in [0.1, 0.15) is 68.3 Å². The molecule has 1 N–H and O–H groups in total. The third-order valence-corrected chi connectivity index (χ3v) is 7.08. The molecular formula is C21H28Cl2N4O. The Morgan fingerprint density at radius 3 is 2.61 bits per heavy atom. The summed E-state index contributed by atoms with van der Waals surface area (Å²) in [5.74, 6) is 0.951. The van der Waals surface area contributed by atoms with Gasteiger partial charge < -0.3 is 10.1 Å². The maximum atomic E-state index is 7.14. The first-order chi connectivity index (χ1) is 13.2. The van der Waals surface area contributed by atoms with Gasteiger partial charge in [-0.1, -0.05) is 25.0 Å². The van der Waals surface area contributed by atoms with Gasteiger partial charge in [0.15, 0.2) is 5.82 Å². The molecule has 2 fully saturated rings. The SMILES string of the molecule is Cl.ClC1(c2ccc3c(c2)CNCc2nncn2-3)CCC(OC2CCCC2)CC1. The van der Waals surface area contributed by atoms with Gasteiger partial charge in [-0.2, -0.15) is 0 Å². The summed E-state index contributed by atoms with van der Waals surface area (Å²) in [6.45, 7) is 1.56. The molecular weight excluding hydrogens is 395 g/mol. The average molecular weight is 423 g/mol. The van der Waals surface area contributed by atoms with Gasteiger partial charge in [0.25, 0.3) is 0 Å². The van der Waals surface area contributed by atoms with Crippen LogP contribution in [0.25, 0.3) is 5.69 Å². The predicted molar refractivity (Wildman–Crippen MR) is 112 cm³/mol. The Hall–Kier alpha value is -1.14. The molecule has 0 atom stereocenters. The molecule has 0 bridgehead atoms. The van der Waals surface area contributed by atoms with E-state index in [2.05, 4.69) is 38.3 Å². The molecule has 2 aromatic rings. The molecule has 1 aliphatic heterocycles. The molecule has 2 heterocycles. The number of hydrogen-bond donors (Lipinski definition) is 1. The number of hydrogen-bond acceptors (Lipinski definition) is 4. The Morgan fingerprint density at radius 1 is 1.07 bits per heavy atom. The zero-order valence-electron chi connectivity index (χ0n) is 16.1. The topological polar surface area (TPSA) is 52.0 Å². The molecule has 2 aliphatic carbocycles. The summed E-state index contributed by atoms with van der Waals surface area (Å²) in [7, 11) is 0. The van der Waals surface area contributed by atoms with Crippen LogP contribution in [0.4, 0.5) is 0 Å². The smallest absolute Gasteiger partial charge is 0.151 e. The first-order valence-electron chi connectivity index (χ1n) is 10.3. The lowest BCUT2D eigenvalue weighted by Gasteiger charge is -2.37. The van der Waals surface area contributed by atoms with Crippen LogP contribution >= 0.6 is 24.0 Å². The summed E-state index contributed by atoms with van der Waals surface area (Å²) in [4.78, 5) is -0.271. The molecule has 1 aromatic heterocycles. The van der Waals surface area contributed by atoms with Crippen LogP contribution in [0, 0.1) is 0 Å². The summed E-state index contributed by atoms with van der Waals surface area (Å²) in [5.41, 5.74) is 3.65. The van der Waals surface area contributed by atoms with E-state index in [0.717, 1.165) is 50.3 Å². The molecule has 28 heavy (non-hydrogen) atoms. The van der Waals surface area contributed by atoms with Gasteiger partial charge in [-0.15, -0.1) is 34.2 Å². The van der Waals surface area contributed by atoms with Crippen LogP contribution in [-0.4, -0.2) is 27.0 Å². The van der Waals surface area contributed by atoms with Crippen molar-refractivity contribution < 1.29 is 4.74 Å². The van der Waals surface area contributed by atoms with E-state index in [4.69, 9.17) is 16.3 Å². The highest BCUT2D eigenvalue weighted by atomic mass is 35.5. The molecule has 0 spiro atoms. The van der Waals surface area contributed by atoms with Crippen LogP contribution < -0.4 is 5.32 Å². The van der Waals surface area contributed by atoms with E-state index in [1.165, 1.54) is 36.8 Å². The maximum absolute atomic E-state index is 7.14. The van der Waals surface area contributed by atoms with Crippen molar-refractivity contribution in [2.45, 2.75) is 81.5 Å². The van der Waals surface area contributed by atoms with Gasteiger partial charge >= 0.3 is 0 Å². The van der Waals surface area contributed by atoms with E-state index >= 15 is 0 Å². The summed E-state index contributed by atoms with van der Waals surface area (Å²) in [5, 5.41) is 11.7. The van der Waals surface area contributed by atoms with Crippen molar-refractivity contribution >= 4 is 24.0 Å². The van der Waals surface area contributed by atoms with E-state index in [1.807, 2.05) is 0 Å². The molecule has 0 saturated heterocycles. The highest BCUT2D eigenvalue weighted by Crippen LogP contribution is 2.45. The third kappa shape index (κ3) is 3.82. The second-order valence-corrected chi connectivity index (χ2v) is 8.99. The van der Waals surface area contributed by atoms with Crippen molar-refractivity contribution in [2.75, 3.05) is 0 Å². The molecule has 2 saturated carbocycles. The number of nitrogens with one attached hydrogen (secondary N) is 1. The minimum Gasteiger partial charge on any atom is -0.375 e. The van der Waals surface area contributed by atoms with E-state index in [0.29, 0.717) is 12.2 Å². The number of aromatic nitrogens is 3. The number of halogens is 2. The lowest BCUT2D eigenvalue weighted by Crippen LogP contribution is -2.32. The van der Waals surface area contributed by atoms with Crippen molar-refractivity contribution in [3.63, 3.8) is 0 Å². The van der Waals surface area contributed by atoms with Crippen LogP contribution in [0.2, 0.25) is 0 Å². The Morgan fingerprint density at radius 2 is 1.82 bits per heavy atom. The number of ether oxygens (including phenoxy) is 1. The van der Waals surface area contributed by atoms with Gasteiger partial charge in [-0.05, 0) is 55.7 Å². The van der Waals surface area contributed by atoms with Crippen molar-refractivity contribution in [3.05, 3.63) is 41.5 Å². The van der Waals surface area contributed by atoms with Crippen LogP contribution in [0.5, 0.6) is 0 Å². The Bertz CT molecular complexity index is 810. The number of benzene rings is 1. The molecule has 152 valence electrons. The largest absolute Gasteiger partial charge is 0.375 e. The molecule has 7 heteroatoms. The summed E-state index contributed by atoms with van der Waals surface area (Å²) < 4.78 is 8.41. The quantitative estimate of drug-likeness (QED) is 0.732. The molecule has 3 aliphatic rings. The van der Waals surface area contributed by atoms with Crippen molar-refractivity contribution in [1.29, 1.82) is 0 Å². The lowest BCUT2D eigenvalue weighted by molar-refractivity contribution is -0.0309. The predicted octanol–water partition coefficient (Wildman–Crippen LogP) is 4.63. The highest BCUT2D eigenvalue weighted by Gasteiger charge is 2.37. The van der Waals surface area contributed by atoms with E-state index in [1.54, 1.807) is 6.33 Å². The average Bonchev–Trinajstić information content (AvgIpc) is 3.33. The fourth-order valence-electron chi connectivity index (χ4n) is 4.90. The van der Waals surface area contributed by atoms with Crippen molar-refractivity contribution in [2.24, 2.45) is 0 Å². The molecule has 0 radical (unpaired) electrons. The number of alkyl halides is 1. The zero-order chi connectivity index (χ0) is 18.3. The summed E-state index contributed by atoms with van der Waals surface area (Å²) in [6.07, 6.45) is 11.9. The van der Waals surface area contributed by atoms with Crippen molar-refractivity contribution in [1.82, 2.24) is 20.1 Å². The van der Waals surface area contributed by atoms with Gasteiger partial charge in [-0.3, -0.25) is 4.57 Å². The van der Waals surface area contributed by atoms with Crippen LogP contribution in [0.3, 0.4) is 0 Å². The summed E-state index contributed by atoms with van der Waals surface area (Å²) in [6, 6.07) is 6.65. The number of nitrogens with zero attached hydrogens (tertiary/aromatic N) is 3. The first kappa shape index (κ1) is 20.1. The maximum Gasteiger partial charge on any atom is 0.151 e. The van der Waals surface area contributed by atoms with E-state index in [9.17, 15) is 0 Å². The fraction of sp³-hybridized carbons (Fsp3) is 0.619. The molecule has 0 unspecified atom stereocenters. The van der Waals surface area contributed by atoms with E-state index in [-0.39, 0.29) is 17.3 Å². The second kappa shape index (κ2) is 8.31. The Kier molecular flexibility index (Phi) is 5.98. The van der Waals surface area contributed by atoms with Gasteiger partial charge in [0, 0.05) is 6.54 Å². The number of fused-ring (bicyclic) bond motifs is 3. The van der Waals surface area contributed by atoms with Crippen LogP contribution in [-0.2, 0) is 22.7 Å². The van der Waals surface area contributed by atoms with Gasteiger partial charge in [0.2, 0.25) is 0 Å². The summed E-state index contributed by atoms with van der Waals surface area (Å²) >= 11 is 7.14. The third-order valence-electron chi connectivity index (χ3n) is 6.49. The standard InChI is InChI=1S/C21H27ClN4O.ClH/c22-21(9-7-18(8-10-21)27-17-3-1-2-4-17)16-5-6-19-15(11-16)12-23-13-20-25-24-14-26(19)20;/h5-6,11,14,17-18,23H,1-4,7-10,12-13H2;1H. The molecule has 5 rings (SSSR count). The Labute approximate surface area is 177 Å². The number of rotatable bonds is 3. The monoisotopic (exact) mass is 422 g/mol. The molecule has 0 amide bonds. The van der Waals surface area contributed by atoms with Gasteiger partial charge in [-0.25, -0.2) is 0 Å². The molecule has 1 aromatic carbocycles. The van der Waals surface area contributed by atoms with Crippen molar-refractivity contribution in [3.8, 4) is 5.69 Å². The molecule has 5 nitrogen and oxygen atoms in total. The van der Waals surface area contributed by atoms with E-state index < -0.39 is 0 Å². The lowest BCUT2D eigenvalue weighted by atomic mass is 9.81. The highest BCUT2D eigenvalue weighted by molar-refractivity contribution is 6.24. The Balaban J connectivity index is 0.00000192. The van der Waals surface area contributed by atoms with Gasteiger partial charge in [0.1, 0.15) is 6.33 Å². The van der Waals surface area contributed by atoms with Gasteiger partial charge in [0.05, 0.1) is 29.3 Å². The zero-order valence-corrected chi connectivity index (χ0v) is 17.6. The van der Waals surface area contributed by atoms with Crippen LogP contribution in [0.15, 0.2) is 24.5 Å². The minimum absolute atomic E-state index is 0. The second-order valence-electron chi connectivity index (χ2n) is 8.27. The minimum atomic E-state index is -0.271. The first-order valence-corrected chi connectivity index (χ1v) is 10.7. The fourth-order valence-corrected chi connectivity index (χ4v) is 5.24.